The van der Waals surface area contributed by atoms with Crippen LogP contribution in [0.3, 0.4) is 0 Å². The summed E-state index contributed by atoms with van der Waals surface area (Å²) in [5.74, 6) is -0.493. The van der Waals surface area contributed by atoms with Gasteiger partial charge in [-0.25, -0.2) is 0 Å². The van der Waals surface area contributed by atoms with E-state index in [2.05, 4.69) is 20.8 Å². The second-order valence-corrected chi connectivity index (χ2v) is 11.5. The van der Waals surface area contributed by atoms with Crippen molar-refractivity contribution in [1.29, 1.82) is 0 Å². The fourth-order valence-electron chi connectivity index (χ4n) is 3.43. The van der Waals surface area contributed by atoms with E-state index in [-0.39, 0.29) is 24.0 Å². The number of unbranched alkanes of at least 4 members (excludes halogenated alkanes) is 3. The van der Waals surface area contributed by atoms with Crippen LogP contribution in [0.5, 0.6) is 0 Å². The van der Waals surface area contributed by atoms with Gasteiger partial charge in [0.05, 0.1) is 0 Å². The minimum absolute atomic E-state index is 0.187. The first kappa shape index (κ1) is 22.4. The zero-order valence-electron chi connectivity index (χ0n) is 15.8. The molecule has 0 spiro atoms. The Balaban J connectivity index is 5.59. The molecule has 0 N–H and O–H groups in total. The van der Waals surface area contributed by atoms with E-state index < -0.39 is 7.26 Å². The molecule has 0 aliphatic carbocycles. The number of carbonyl (C=O) groups excluding carboxylic acids is 2. The summed E-state index contributed by atoms with van der Waals surface area (Å²) in [5.41, 5.74) is -0.260. The Bertz CT molecular complexity index is 322. The summed E-state index contributed by atoms with van der Waals surface area (Å²) in [7, 11) is 0.902. The third-order valence-electron chi connectivity index (χ3n) is 4.91. The van der Waals surface area contributed by atoms with Crippen LogP contribution < -0.4 is 0 Å². The predicted molar refractivity (Wildman–Crippen MR) is 100 cm³/mol. The number of esters is 2. The monoisotopic (exact) mass is 348 g/mol. The van der Waals surface area contributed by atoms with Crippen LogP contribution in [0.15, 0.2) is 0 Å². The van der Waals surface area contributed by atoms with Gasteiger partial charge in [-0.3, -0.25) is 0 Å². The molecule has 0 aromatic rings. The standard InChI is InChI=1S/C18H37O4P/c1-6-9-12-23(13-10-7-2,14-11-8-3)16(18(20)22-5)15-17(19)21-4/h16,23H,6-15H2,1-5H3. The average Bonchev–Trinajstić information content (AvgIpc) is 2.58. The second kappa shape index (κ2) is 12.8. The van der Waals surface area contributed by atoms with Crippen molar-refractivity contribution in [2.75, 3.05) is 32.7 Å². The molecule has 0 aromatic heterocycles. The van der Waals surface area contributed by atoms with Gasteiger partial charge < -0.3 is 0 Å². The fraction of sp³-hybridized carbons (Fsp3) is 0.889. The molecule has 1 atom stereocenters. The van der Waals surface area contributed by atoms with Gasteiger partial charge in [0.1, 0.15) is 0 Å². The Kier molecular flexibility index (Phi) is 12.4. The Labute approximate surface area is 143 Å². The number of ether oxygens (including phenoxy) is 2. The summed E-state index contributed by atoms with van der Waals surface area (Å²) in [4.78, 5) is 24.4. The van der Waals surface area contributed by atoms with Crippen LogP contribution in [0.1, 0.15) is 65.7 Å². The van der Waals surface area contributed by atoms with Crippen LogP contribution in [0.4, 0.5) is 0 Å². The molecule has 0 saturated heterocycles. The summed E-state index contributed by atoms with van der Waals surface area (Å²) in [5, 5.41) is 0. The molecular weight excluding hydrogens is 311 g/mol. The first-order valence-electron chi connectivity index (χ1n) is 9.15. The SMILES string of the molecule is CCCC[PH](CCCC)(CCCC)C(CC(=O)OC)C(=O)OC. The summed E-state index contributed by atoms with van der Waals surface area (Å²) in [6, 6.07) is 0. The van der Waals surface area contributed by atoms with Crippen molar-refractivity contribution in [3.8, 4) is 0 Å². The van der Waals surface area contributed by atoms with Gasteiger partial charge in [0, 0.05) is 0 Å². The molecule has 0 aliphatic heterocycles. The van der Waals surface area contributed by atoms with Gasteiger partial charge in [-0.2, -0.15) is 0 Å². The molecule has 0 bridgehead atoms. The molecule has 0 aliphatic rings. The van der Waals surface area contributed by atoms with Gasteiger partial charge in [-0.1, -0.05) is 0 Å². The molecule has 0 fully saturated rings. The van der Waals surface area contributed by atoms with Crippen LogP contribution in [-0.4, -0.2) is 50.3 Å². The summed E-state index contributed by atoms with van der Waals surface area (Å²) >= 11 is 0. The molecular formula is C18H37O4P. The summed E-state index contributed by atoms with van der Waals surface area (Å²) in [6.07, 6.45) is 10.3. The van der Waals surface area contributed by atoms with Crippen LogP contribution in [0.2, 0.25) is 0 Å². The van der Waals surface area contributed by atoms with Gasteiger partial charge in [0.2, 0.25) is 0 Å². The Morgan fingerprint density at radius 3 is 1.57 bits per heavy atom. The topological polar surface area (TPSA) is 52.6 Å². The first-order valence-corrected chi connectivity index (χ1v) is 11.9. The molecule has 138 valence electrons. The Morgan fingerprint density at radius 1 is 0.826 bits per heavy atom. The molecule has 0 aromatic carbocycles. The molecule has 1 unspecified atom stereocenters. The quantitative estimate of drug-likeness (QED) is 0.369. The van der Waals surface area contributed by atoms with Gasteiger partial charge in [-0.05, 0) is 0 Å². The van der Waals surface area contributed by atoms with Crippen molar-refractivity contribution in [1.82, 2.24) is 0 Å². The van der Waals surface area contributed by atoms with E-state index in [1.807, 2.05) is 0 Å². The van der Waals surface area contributed by atoms with Crippen LogP contribution >= 0.6 is 7.26 Å². The Morgan fingerprint density at radius 2 is 1.26 bits per heavy atom. The molecule has 0 radical (unpaired) electrons. The van der Waals surface area contributed by atoms with E-state index in [0.717, 1.165) is 57.0 Å². The molecule has 4 nitrogen and oxygen atoms in total. The van der Waals surface area contributed by atoms with E-state index in [0.29, 0.717) is 0 Å². The predicted octanol–water partition coefficient (Wildman–Crippen LogP) is 4.24. The normalized spacial score (nSPS) is 13.4. The minimum atomic E-state index is -1.93. The van der Waals surface area contributed by atoms with Crippen molar-refractivity contribution in [3.05, 3.63) is 0 Å². The third kappa shape index (κ3) is 7.65. The van der Waals surface area contributed by atoms with Gasteiger partial charge in [0.25, 0.3) is 0 Å². The maximum absolute atomic E-state index is 12.5. The Hall–Kier alpha value is -0.630. The number of carbonyl (C=O) groups is 2. The summed E-state index contributed by atoms with van der Waals surface area (Å²) < 4.78 is 9.95. The zero-order chi connectivity index (χ0) is 17.7. The zero-order valence-corrected chi connectivity index (χ0v) is 16.8. The fourth-order valence-corrected chi connectivity index (χ4v) is 9.61. The molecule has 0 amide bonds. The first-order chi connectivity index (χ1) is 11.0. The molecule has 0 rings (SSSR count). The second-order valence-electron chi connectivity index (χ2n) is 6.53. The number of hydrogen-bond acceptors (Lipinski definition) is 4. The van der Waals surface area contributed by atoms with E-state index >= 15 is 0 Å². The van der Waals surface area contributed by atoms with Gasteiger partial charge in [-0.15, -0.1) is 0 Å². The molecule has 0 heterocycles. The van der Waals surface area contributed by atoms with Crippen molar-refractivity contribution >= 4 is 19.2 Å². The van der Waals surface area contributed by atoms with Crippen molar-refractivity contribution in [2.24, 2.45) is 0 Å². The number of hydrogen-bond donors (Lipinski definition) is 0. The number of rotatable bonds is 13. The van der Waals surface area contributed by atoms with Crippen LogP contribution in [0.25, 0.3) is 0 Å². The van der Waals surface area contributed by atoms with Crippen molar-refractivity contribution in [2.45, 2.75) is 71.4 Å². The van der Waals surface area contributed by atoms with E-state index in [1.54, 1.807) is 0 Å². The van der Waals surface area contributed by atoms with E-state index in [4.69, 9.17) is 9.47 Å². The van der Waals surface area contributed by atoms with Gasteiger partial charge >= 0.3 is 142 Å². The molecule has 5 heteroatoms. The van der Waals surface area contributed by atoms with E-state index in [1.165, 1.54) is 14.2 Å². The molecule has 0 saturated carbocycles. The number of methoxy groups -OCH3 is 2. The van der Waals surface area contributed by atoms with Crippen LogP contribution in [0, 0.1) is 0 Å². The van der Waals surface area contributed by atoms with Crippen molar-refractivity contribution < 1.29 is 19.1 Å². The third-order valence-corrected chi connectivity index (χ3v) is 10.9. The summed E-state index contributed by atoms with van der Waals surface area (Å²) in [6.45, 7) is 6.56. The van der Waals surface area contributed by atoms with Crippen molar-refractivity contribution in [3.63, 3.8) is 0 Å². The van der Waals surface area contributed by atoms with Crippen LogP contribution in [-0.2, 0) is 19.1 Å². The maximum atomic E-state index is 12.5. The molecule has 23 heavy (non-hydrogen) atoms. The average molecular weight is 348 g/mol. The van der Waals surface area contributed by atoms with Gasteiger partial charge in [0.15, 0.2) is 0 Å². The van der Waals surface area contributed by atoms with E-state index in [9.17, 15) is 9.59 Å².